The van der Waals surface area contributed by atoms with E-state index in [0.717, 1.165) is 16.7 Å². The molecule has 5 N–H and O–H groups in total. The van der Waals surface area contributed by atoms with E-state index in [-0.39, 0.29) is 31.8 Å². The number of benzene rings is 2. The van der Waals surface area contributed by atoms with Crippen LogP contribution in [0.3, 0.4) is 0 Å². The zero-order valence-corrected chi connectivity index (χ0v) is 30.4. The number of amides is 4. The minimum absolute atomic E-state index is 0.0299. The Labute approximate surface area is 295 Å². The van der Waals surface area contributed by atoms with Gasteiger partial charge in [0.15, 0.2) is 0 Å². The number of hydrogen-bond donors (Lipinski definition) is 5. The quantitative estimate of drug-likeness (QED) is 0.159. The second-order valence-corrected chi connectivity index (χ2v) is 14.6. The van der Waals surface area contributed by atoms with Crippen molar-refractivity contribution in [1.82, 2.24) is 31.4 Å². The Bertz CT molecular complexity index is 1570. The average molecular weight is 689 g/mol. The van der Waals surface area contributed by atoms with E-state index in [4.69, 9.17) is 4.74 Å². The molecule has 0 spiro atoms. The number of carbonyl (C=O) groups is 4. The fourth-order valence-electron chi connectivity index (χ4n) is 5.42. The molecule has 3 unspecified atom stereocenters. The van der Waals surface area contributed by atoms with Gasteiger partial charge in [0.25, 0.3) is 11.8 Å². The molecule has 12 heteroatoms. The minimum atomic E-state index is -1.97. The zero-order valence-electron chi connectivity index (χ0n) is 30.4. The summed E-state index contributed by atoms with van der Waals surface area (Å²) in [4.78, 5) is 57.0. The van der Waals surface area contributed by atoms with E-state index in [1.54, 1.807) is 17.4 Å². The minimum Gasteiger partial charge on any atom is -0.453 e. The lowest BCUT2D eigenvalue weighted by Gasteiger charge is -2.36. The molecule has 3 atom stereocenters. The van der Waals surface area contributed by atoms with Crippen LogP contribution in [-0.4, -0.2) is 77.3 Å². The number of ether oxygens (including phenoxy) is 1. The first kappa shape index (κ1) is 39.6. The highest BCUT2D eigenvalue weighted by atomic mass is 16.5. The Morgan fingerprint density at radius 3 is 1.96 bits per heavy atom. The fourth-order valence-corrected chi connectivity index (χ4v) is 5.42. The number of rotatable bonds is 14. The molecule has 3 aromatic rings. The molecule has 0 saturated heterocycles. The molecule has 0 radical (unpaired) electrons. The van der Waals surface area contributed by atoms with Crippen molar-refractivity contribution < 1.29 is 29.0 Å². The number of carbonyl (C=O) groups excluding carboxylic acids is 4. The molecule has 50 heavy (non-hydrogen) atoms. The molecule has 270 valence electrons. The summed E-state index contributed by atoms with van der Waals surface area (Å²) in [6.07, 6.45) is 2.57. The molecular formula is C38H52N6O6. The highest BCUT2D eigenvalue weighted by Crippen LogP contribution is 2.25. The Kier molecular flexibility index (Phi) is 13.6. The maximum atomic E-state index is 14.0. The summed E-state index contributed by atoms with van der Waals surface area (Å²) < 4.78 is 4.78. The zero-order chi connectivity index (χ0) is 37.1. The van der Waals surface area contributed by atoms with Gasteiger partial charge in [-0.05, 0) is 39.2 Å². The number of pyridine rings is 1. The molecular weight excluding hydrogens is 636 g/mol. The van der Waals surface area contributed by atoms with Crippen molar-refractivity contribution in [1.29, 1.82) is 0 Å². The van der Waals surface area contributed by atoms with Crippen LogP contribution >= 0.6 is 0 Å². The summed E-state index contributed by atoms with van der Waals surface area (Å²) in [5.74, 6) is -1.60. The van der Waals surface area contributed by atoms with Gasteiger partial charge in [-0.2, -0.15) is 0 Å². The first-order valence-corrected chi connectivity index (χ1v) is 16.6. The number of aromatic nitrogens is 1. The number of nitrogens with zero attached hydrogens (tertiary/aromatic N) is 2. The van der Waals surface area contributed by atoms with Gasteiger partial charge in [-0.25, -0.2) is 9.80 Å². The van der Waals surface area contributed by atoms with Crippen LogP contribution in [0, 0.1) is 10.8 Å². The van der Waals surface area contributed by atoms with Gasteiger partial charge in [0.1, 0.15) is 17.7 Å². The predicted octanol–water partition coefficient (Wildman–Crippen LogP) is 3.99. The van der Waals surface area contributed by atoms with Crippen LogP contribution < -0.4 is 21.4 Å². The van der Waals surface area contributed by atoms with Gasteiger partial charge in [0.05, 0.1) is 7.11 Å². The monoisotopic (exact) mass is 688 g/mol. The number of alkyl carbamates (subject to hydrolysis) is 1. The van der Waals surface area contributed by atoms with E-state index in [1.165, 1.54) is 14.2 Å². The molecule has 12 nitrogen and oxygen atoms in total. The Balaban J connectivity index is 1.96. The van der Waals surface area contributed by atoms with Crippen LogP contribution in [0.5, 0.6) is 0 Å². The summed E-state index contributed by atoms with van der Waals surface area (Å²) in [7, 11) is 2.72. The van der Waals surface area contributed by atoms with Crippen molar-refractivity contribution >= 4 is 23.8 Å². The molecule has 0 aliphatic rings. The second-order valence-electron chi connectivity index (χ2n) is 14.6. The smallest absolute Gasteiger partial charge is 0.407 e. The highest BCUT2D eigenvalue weighted by molar-refractivity contribution is 5.92. The van der Waals surface area contributed by atoms with Gasteiger partial charge < -0.3 is 25.8 Å². The number of methoxy groups -OCH3 is 1. The Hall–Kier alpha value is -4.81. The summed E-state index contributed by atoms with van der Waals surface area (Å²) in [5.41, 5.74) is 3.08. The van der Waals surface area contributed by atoms with Gasteiger partial charge >= 0.3 is 6.09 Å². The van der Waals surface area contributed by atoms with Crippen LogP contribution in [0.2, 0.25) is 0 Å². The molecule has 0 fully saturated rings. The number of hydrogen-bond acceptors (Lipinski definition) is 8. The molecule has 0 saturated carbocycles. The summed E-state index contributed by atoms with van der Waals surface area (Å²) >= 11 is 0. The SMILES string of the molecule is CNC(=O)C(NC(=O)C(O)(CCN(Cc1ccc(-c2cccnc2)cc1)NC(=O)C(NC(=O)OC)C(C)(C)C)Cc1ccccc1)C(C)(C)C. The van der Waals surface area contributed by atoms with Gasteiger partial charge in [0, 0.05) is 45.4 Å². The van der Waals surface area contributed by atoms with Crippen molar-refractivity contribution in [2.75, 3.05) is 20.7 Å². The van der Waals surface area contributed by atoms with E-state index >= 15 is 0 Å². The number of nitrogens with one attached hydrogen (secondary N) is 4. The van der Waals surface area contributed by atoms with Gasteiger partial charge in [-0.1, -0.05) is 102 Å². The van der Waals surface area contributed by atoms with Crippen LogP contribution in [0.4, 0.5) is 4.79 Å². The highest BCUT2D eigenvalue weighted by Gasteiger charge is 2.42. The third-order valence-corrected chi connectivity index (χ3v) is 8.37. The van der Waals surface area contributed by atoms with E-state index < -0.39 is 46.4 Å². The van der Waals surface area contributed by atoms with Gasteiger partial charge in [-0.3, -0.25) is 24.8 Å². The van der Waals surface area contributed by atoms with Crippen LogP contribution in [0.25, 0.3) is 11.1 Å². The molecule has 3 rings (SSSR count). The van der Waals surface area contributed by atoms with Crippen LogP contribution in [-0.2, 0) is 32.1 Å². The number of hydrazine groups is 1. The van der Waals surface area contributed by atoms with Crippen molar-refractivity contribution in [3.8, 4) is 11.1 Å². The lowest BCUT2D eigenvalue weighted by molar-refractivity contribution is -0.145. The normalized spacial score (nSPS) is 14.1. The summed E-state index contributed by atoms with van der Waals surface area (Å²) in [6.45, 7) is 11.2. The molecule has 4 amide bonds. The Morgan fingerprint density at radius 2 is 1.42 bits per heavy atom. The van der Waals surface area contributed by atoms with E-state index in [0.29, 0.717) is 5.56 Å². The predicted molar refractivity (Wildman–Crippen MR) is 192 cm³/mol. The molecule has 0 aliphatic heterocycles. The maximum Gasteiger partial charge on any atom is 0.407 e. The lowest BCUT2D eigenvalue weighted by atomic mass is 9.84. The topological polar surface area (TPSA) is 162 Å². The standard InChI is InChI=1S/C38H52N6O6/c1-36(2,3)30(32(45)39-7)41-34(47)38(49,23-26-13-10-9-11-14-26)20-22-44(43-33(46)31(37(4,5)6)42-35(48)50-8)25-27-16-18-28(19-17-27)29-15-12-21-40-24-29/h9-19,21,24,30-31,49H,20,22-23,25H2,1-8H3,(H,39,45)(H,41,47)(H,42,48)(H,43,46). The van der Waals surface area contributed by atoms with Crippen molar-refractivity contribution in [2.24, 2.45) is 10.8 Å². The van der Waals surface area contributed by atoms with E-state index in [9.17, 15) is 24.3 Å². The average Bonchev–Trinajstić information content (AvgIpc) is 3.08. The van der Waals surface area contributed by atoms with Crippen LogP contribution in [0.15, 0.2) is 79.1 Å². The van der Waals surface area contributed by atoms with E-state index in [2.05, 4.69) is 26.4 Å². The third kappa shape index (κ3) is 11.4. The molecule has 0 bridgehead atoms. The third-order valence-electron chi connectivity index (χ3n) is 8.37. The Morgan fingerprint density at radius 1 is 0.800 bits per heavy atom. The van der Waals surface area contributed by atoms with Crippen molar-refractivity contribution in [3.63, 3.8) is 0 Å². The van der Waals surface area contributed by atoms with Crippen molar-refractivity contribution in [2.45, 2.75) is 78.6 Å². The first-order valence-electron chi connectivity index (χ1n) is 16.6. The maximum absolute atomic E-state index is 14.0. The molecule has 0 aliphatic carbocycles. The lowest BCUT2D eigenvalue weighted by Crippen LogP contribution is -2.60. The summed E-state index contributed by atoms with van der Waals surface area (Å²) in [6, 6.07) is 18.8. The number of likely N-dealkylation sites (N-methyl/N-ethyl adjacent to an activating group) is 1. The first-order chi connectivity index (χ1) is 23.5. The van der Waals surface area contributed by atoms with Crippen molar-refractivity contribution in [3.05, 3.63) is 90.3 Å². The van der Waals surface area contributed by atoms with Gasteiger partial charge in [0.2, 0.25) is 5.91 Å². The number of aliphatic hydroxyl groups is 1. The molecule has 1 aromatic heterocycles. The summed E-state index contributed by atoms with van der Waals surface area (Å²) in [5, 5.41) is 21.8. The van der Waals surface area contributed by atoms with E-state index in [1.807, 2.05) is 108 Å². The largest absolute Gasteiger partial charge is 0.453 e. The molecule has 1 heterocycles. The van der Waals surface area contributed by atoms with Gasteiger partial charge in [-0.15, -0.1) is 0 Å². The fraction of sp³-hybridized carbons (Fsp3) is 0.447. The second kappa shape index (κ2) is 17.2. The van der Waals surface area contributed by atoms with Crippen LogP contribution in [0.1, 0.15) is 59.1 Å². The molecule has 2 aromatic carbocycles.